The van der Waals surface area contributed by atoms with E-state index in [1.54, 1.807) is 56.8 Å². The van der Waals surface area contributed by atoms with Gasteiger partial charge in [-0.05, 0) is 54.4 Å². The smallest absolute Gasteiger partial charge is 0.216 e. The number of halogens is 1. The molecule has 0 amide bonds. The van der Waals surface area contributed by atoms with E-state index in [0.717, 1.165) is 11.1 Å². The third kappa shape index (κ3) is 3.83. The molecule has 1 aromatic heterocycles. The van der Waals surface area contributed by atoms with E-state index in [1.807, 2.05) is 18.2 Å². The van der Waals surface area contributed by atoms with Crippen LogP contribution >= 0.6 is 0 Å². The number of rotatable bonds is 6. The molecule has 1 heterocycles. The third-order valence-electron chi connectivity index (χ3n) is 5.53. The van der Waals surface area contributed by atoms with E-state index in [4.69, 9.17) is 9.47 Å². The summed E-state index contributed by atoms with van der Waals surface area (Å²) in [5.41, 5.74) is 3.13. The number of carbonyl (C=O) groups is 1. The molecule has 152 valence electrons. The summed E-state index contributed by atoms with van der Waals surface area (Å²) >= 11 is 0. The van der Waals surface area contributed by atoms with Crippen molar-refractivity contribution >= 4 is 5.78 Å². The Kier molecular flexibility index (Phi) is 5.61. The fourth-order valence-corrected chi connectivity index (χ4v) is 4.00. The summed E-state index contributed by atoms with van der Waals surface area (Å²) in [6.45, 7) is 0. The van der Waals surface area contributed by atoms with Gasteiger partial charge in [-0.25, -0.2) is 9.37 Å². The predicted octanol–water partition coefficient (Wildman–Crippen LogP) is 5.32. The van der Waals surface area contributed by atoms with Gasteiger partial charge in [0.2, 0.25) is 5.88 Å². The SMILES string of the molecule is COc1ccc(C(=O)C2=CC(c3ccc(F)cc3)CC2c2cccnc2OC)cc1. The lowest BCUT2D eigenvalue weighted by molar-refractivity contribution is 0.102. The van der Waals surface area contributed by atoms with Gasteiger partial charge in [-0.2, -0.15) is 0 Å². The molecule has 1 aliphatic carbocycles. The largest absolute Gasteiger partial charge is 0.497 e. The molecule has 0 spiro atoms. The van der Waals surface area contributed by atoms with Crippen molar-refractivity contribution in [2.24, 2.45) is 0 Å². The van der Waals surface area contributed by atoms with Crippen molar-refractivity contribution in [2.75, 3.05) is 14.2 Å². The van der Waals surface area contributed by atoms with E-state index < -0.39 is 0 Å². The highest BCUT2D eigenvalue weighted by Gasteiger charge is 2.34. The summed E-state index contributed by atoms with van der Waals surface area (Å²) < 4.78 is 24.1. The first kappa shape index (κ1) is 19.8. The second-order valence-corrected chi connectivity index (χ2v) is 7.23. The third-order valence-corrected chi connectivity index (χ3v) is 5.53. The van der Waals surface area contributed by atoms with Crippen LogP contribution in [-0.2, 0) is 0 Å². The van der Waals surface area contributed by atoms with Gasteiger partial charge in [0.1, 0.15) is 11.6 Å². The first-order valence-corrected chi connectivity index (χ1v) is 9.75. The van der Waals surface area contributed by atoms with Gasteiger partial charge >= 0.3 is 0 Å². The molecule has 0 saturated heterocycles. The zero-order valence-electron chi connectivity index (χ0n) is 16.8. The highest BCUT2D eigenvalue weighted by molar-refractivity contribution is 6.10. The Labute approximate surface area is 175 Å². The molecule has 2 aromatic carbocycles. The first-order valence-electron chi connectivity index (χ1n) is 9.75. The molecular formula is C25H22FNO3. The number of pyridine rings is 1. The van der Waals surface area contributed by atoms with Gasteiger partial charge in [-0.15, -0.1) is 0 Å². The van der Waals surface area contributed by atoms with E-state index in [9.17, 15) is 9.18 Å². The van der Waals surface area contributed by atoms with Crippen LogP contribution in [0.2, 0.25) is 0 Å². The van der Waals surface area contributed by atoms with Gasteiger partial charge < -0.3 is 9.47 Å². The van der Waals surface area contributed by atoms with Gasteiger partial charge in [0, 0.05) is 34.7 Å². The highest BCUT2D eigenvalue weighted by Crippen LogP contribution is 2.46. The van der Waals surface area contributed by atoms with Crippen LogP contribution in [0.15, 0.2) is 78.5 Å². The van der Waals surface area contributed by atoms with Crippen molar-refractivity contribution in [3.05, 3.63) is 101 Å². The normalized spacial score (nSPS) is 18.0. The summed E-state index contributed by atoms with van der Waals surface area (Å²) in [5, 5.41) is 0. The average molecular weight is 403 g/mol. The number of carbonyl (C=O) groups excluding carboxylic acids is 1. The summed E-state index contributed by atoms with van der Waals surface area (Å²) in [6, 6.07) is 17.3. The maximum atomic E-state index is 13.4. The lowest BCUT2D eigenvalue weighted by atomic mass is 9.87. The number of hydrogen-bond acceptors (Lipinski definition) is 4. The molecule has 30 heavy (non-hydrogen) atoms. The Bertz CT molecular complexity index is 1070. The van der Waals surface area contributed by atoms with E-state index in [1.165, 1.54) is 12.1 Å². The molecule has 1 aliphatic rings. The van der Waals surface area contributed by atoms with Gasteiger partial charge in [0.25, 0.3) is 0 Å². The minimum absolute atomic E-state index is 0.00212. The first-order chi connectivity index (χ1) is 14.6. The number of methoxy groups -OCH3 is 2. The lowest BCUT2D eigenvalue weighted by Crippen LogP contribution is -2.11. The predicted molar refractivity (Wildman–Crippen MR) is 113 cm³/mol. The van der Waals surface area contributed by atoms with Crippen molar-refractivity contribution in [1.29, 1.82) is 0 Å². The van der Waals surface area contributed by atoms with Crippen LogP contribution in [0.3, 0.4) is 0 Å². The van der Waals surface area contributed by atoms with Crippen molar-refractivity contribution in [3.8, 4) is 11.6 Å². The fourth-order valence-electron chi connectivity index (χ4n) is 4.00. The Morgan fingerprint density at radius 1 is 1.00 bits per heavy atom. The molecule has 0 fully saturated rings. The average Bonchev–Trinajstić information content (AvgIpc) is 3.24. The zero-order valence-corrected chi connectivity index (χ0v) is 16.8. The number of nitrogens with zero attached hydrogens (tertiary/aromatic N) is 1. The molecule has 5 heteroatoms. The number of ketones is 1. The minimum atomic E-state index is -0.277. The quantitative estimate of drug-likeness (QED) is 0.523. The van der Waals surface area contributed by atoms with Crippen molar-refractivity contribution in [3.63, 3.8) is 0 Å². The Hall–Kier alpha value is -3.47. The zero-order chi connectivity index (χ0) is 21.1. The molecule has 0 aliphatic heterocycles. The summed E-state index contributed by atoms with van der Waals surface area (Å²) in [4.78, 5) is 17.7. The standard InChI is InChI=1S/C25H22FNO3/c1-29-20-11-7-17(8-12-20)24(28)23-15-18(16-5-9-19(26)10-6-16)14-22(23)21-4-3-13-27-25(21)30-2/h3-13,15,18,22H,14H2,1-2H3. The van der Waals surface area contributed by atoms with Gasteiger partial charge in [-0.1, -0.05) is 24.3 Å². The summed E-state index contributed by atoms with van der Waals surface area (Å²) in [6.07, 6.45) is 4.35. The van der Waals surface area contributed by atoms with E-state index >= 15 is 0 Å². The van der Waals surface area contributed by atoms with Gasteiger partial charge in [0.15, 0.2) is 5.78 Å². The molecule has 4 nitrogen and oxygen atoms in total. The Balaban J connectivity index is 1.75. The minimum Gasteiger partial charge on any atom is -0.497 e. The monoisotopic (exact) mass is 403 g/mol. The maximum Gasteiger partial charge on any atom is 0.216 e. The maximum absolute atomic E-state index is 13.4. The fraction of sp³-hybridized carbons (Fsp3) is 0.200. The second kappa shape index (κ2) is 8.49. The molecule has 0 radical (unpaired) electrons. The summed E-state index contributed by atoms with van der Waals surface area (Å²) in [5.74, 6) is 0.715. The van der Waals surface area contributed by atoms with Crippen LogP contribution in [0.25, 0.3) is 0 Å². The summed E-state index contributed by atoms with van der Waals surface area (Å²) in [7, 11) is 3.17. The van der Waals surface area contributed by atoms with Crippen molar-refractivity contribution in [1.82, 2.24) is 4.98 Å². The van der Waals surface area contributed by atoms with Gasteiger partial charge in [0.05, 0.1) is 14.2 Å². The molecule has 0 saturated carbocycles. The molecule has 3 aromatic rings. The van der Waals surface area contributed by atoms with Crippen LogP contribution in [0.5, 0.6) is 11.6 Å². The van der Waals surface area contributed by atoms with Crippen LogP contribution in [0.1, 0.15) is 39.7 Å². The van der Waals surface area contributed by atoms with Gasteiger partial charge in [-0.3, -0.25) is 4.79 Å². The second-order valence-electron chi connectivity index (χ2n) is 7.23. The number of aromatic nitrogens is 1. The molecule has 4 rings (SSSR count). The van der Waals surface area contributed by atoms with Crippen LogP contribution in [0, 0.1) is 5.82 Å². The Morgan fingerprint density at radius 3 is 2.40 bits per heavy atom. The molecular weight excluding hydrogens is 381 g/mol. The van der Waals surface area contributed by atoms with E-state index in [0.29, 0.717) is 29.2 Å². The molecule has 2 unspecified atom stereocenters. The molecule has 0 bridgehead atoms. The Morgan fingerprint density at radius 2 is 1.73 bits per heavy atom. The number of allylic oxidation sites excluding steroid dienone is 2. The molecule has 0 N–H and O–H groups in total. The van der Waals surface area contributed by atoms with Crippen molar-refractivity contribution in [2.45, 2.75) is 18.3 Å². The molecule has 2 atom stereocenters. The number of ether oxygens (including phenoxy) is 2. The number of benzene rings is 2. The highest BCUT2D eigenvalue weighted by atomic mass is 19.1. The number of hydrogen-bond donors (Lipinski definition) is 0. The van der Waals surface area contributed by atoms with Crippen LogP contribution < -0.4 is 9.47 Å². The van der Waals surface area contributed by atoms with Crippen LogP contribution in [-0.4, -0.2) is 25.0 Å². The van der Waals surface area contributed by atoms with E-state index in [-0.39, 0.29) is 23.4 Å². The van der Waals surface area contributed by atoms with Crippen molar-refractivity contribution < 1.29 is 18.7 Å². The van der Waals surface area contributed by atoms with Crippen LogP contribution in [0.4, 0.5) is 4.39 Å². The lowest BCUT2D eigenvalue weighted by Gasteiger charge is -2.18. The van der Waals surface area contributed by atoms with E-state index in [2.05, 4.69) is 4.98 Å². The number of Topliss-reactive ketones (excluding diaryl/α,β-unsaturated/α-hetero) is 1. The topological polar surface area (TPSA) is 48.4 Å².